The fraction of sp³-hybridized carbons (Fsp3) is 0.0500. The molecule has 3 N–H and O–H groups in total. The van der Waals surface area contributed by atoms with E-state index in [-0.39, 0.29) is 11.8 Å². The van der Waals surface area contributed by atoms with Crippen LogP contribution in [0.4, 0.5) is 17.2 Å². The number of pyridine rings is 1. The number of carbonyl (C=O) groups excluding carboxylic acids is 2. The molecule has 0 saturated carbocycles. The van der Waals surface area contributed by atoms with Crippen LogP contribution in [0.2, 0.25) is 5.02 Å². The molecule has 0 radical (unpaired) electrons. The van der Waals surface area contributed by atoms with Gasteiger partial charge < -0.3 is 16.0 Å². The third-order valence-electron chi connectivity index (χ3n) is 3.82. The van der Waals surface area contributed by atoms with E-state index >= 15 is 0 Å². The van der Waals surface area contributed by atoms with Crippen LogP contribution < -0.4 is 16.0 Å². The summed E-state index contributed by atoms with van der Waals surface area (Å²) in [7, 11) is 1.81. The zero-order valence-corrected chi connectivity index (χ0v) is 15.2. The Kier molecular flexibility index (Phi) is 5.68. The highest BCUT2D eigenvalue weighted by molar-refractivity contribution is 6.30. The predicted octanol–water partition coefficient (Wildman–Crippen LogP) is 4.28. The molecule has 1 heterocycles. The number of carbonyl (C=O) groups is 2. The molecule has 0 saturated heterocycles. The minimum Gasteiger partial charge on any atom is -0.388 e. The lowest BCUT2D eigenvalue weighted by molar-refractivity contribution is 0.102. The maximum Gasteiger partial charge on any atom is 0.258 e. The van der Waals surface area contributed by atoms with E-state index in [2.05, 4.69) is 20.9 Å². The minimum atomic E-state index is -0.383. The Morgan fingerprint density at radius 2 is 1.63 bits per heavy atom. The van der Waals surface area contributed by atoms with Crippen LogP contribution in [0.5, 0.6) is 0 Å². The number of rotatable bonds is 5. The summed E-state index contributed by atoms with van der Waals surface area (Å²) in [5, 5.41) is 8.94. The monoisotopic (exact) mass is 380 g/mol. The average Bonchev–Trinajstić information content (AvgIpc) is 2.70. The molecule has 6 nitrogen and oxygen atoms in total. The lowest BCUT2D eigenvalue weighted by Crippen LogP contribution is -2.18. The average molecular weight is 381 g/mol. The summed E-state index contributed by atoms with van der Waals surface area (Å²) < 4.78 is 0. The summed E-state index contributed by atoms with van der Waals surface area (Å²) >= 11 is 5.80. The smallest absolute Gasteiger partial charge is 0.258 e. The maximum atomic E-state index is 12.6. The van der Waals surface area contributed by atoms with Crippen molar-refractivity contribution in [2.45, 2.75) is 0 Å². The summed E-state index contributed by atoms with van der Waals surface area (Å²) in [4.78, 5) is 29.1. The molecule has 0 spiro atoms. The van der Waals surface area contributed by atoms with Gasteiger partial charge in [0.2, 0.25) is 0 Å². The standard InChI is InChI=1S/C20H17ClN4O2/c1-22-15-9-6-13(7-10-15)19(26)24-17-5-3-2-4-16(17)20(27)25-18-11-8-14(21)12-23-18/h2-12,22H,1H3,(H,24,26)(H,23,25,27). The summed E-state index contributed by atoms with van der Waals surface area (Å²) in [6, 6.07) is 17.0. The van der Waals surface area contributed by atoms with Gasteiger partial charge in [-0.15, -0.1) is 0 Å². The molecule has 2 amide bonds. The van der Waals surface area contributed by atoms with Crippen molar-refractivity contribution >= 4 is 40.6 Å². The molecule has 2 aromatic carbocycles. The zero-order chi connectivity index (χ0) is 19.2. The van der Waals surface area contributed by atoms with Gasteiger partial charge in [0, 0.05) is 24.5 Å². The Balaban J connectivity index is 1.77. The maximum absolute atomic E-state index is 12.6. The second-order valence-corrected chi connectivity index (χ2v) is 6.08. The molecule has 3 aromatic rings. The van der Waals surface area contributed by atoms with E-state index < -0.39 is 0 Å². The Labute approximate surface area is 161 Å². The van der Waals surface area contributed by atoms with E-state index in [0.717, 1.165) is 5.69 Å². The van der Waals surface area contributed by atoms with Gasteiger partial charge in [0.1, 0.15) is 5.82 Å². The largest absolute Gasteiger partial charge is 0.388 e. The number of para-hydroxylation sites is 1. The number of amides is 2. The Hall–Kier alpha value is -3.38. The van der Waals surface area contributed by atoms with E-state index in [4.69, 9.17) is 11.6 Å². The first-order chi connectivity index (χ1) is 13.1. The van der Waals surface area contributed by atoms with Crippen molar-refractivity contribution in [3.63, 3.8) is 0 Å². The van der Waals surface area contributed by atoms with Crippen molar-refractivity contribution < 1.29 is 9.59 Å². The molecule has 1 aromatic heterocycles. The normalized spacial score (nSPS) is 10.1. The molecule has 0 aliphatic carbocycles. The number of aromatic nitrogens is 1. The molecule has 0 aliphatic heterocycles. The van der Waals surface area contributed by atoms with Crippen LogP contribution in [0.1, 0.15) is 20.7 Å². The lowest BCUT2D eigenvalue weighted by Gasteiger charge is -2.11. The molecule has 27 heavy (non-hydrogen) atoms. The van der Waals surface area contributed by atoms with Gasteiger partial charge in [-0.1, -0.05) is 23.7 Å². The van der Waals surface area contributed by atoms with Gasteiger partial charge in [0.25, 0.3) is 11.8 Å². The van der Waals surface area contributed by atoms with E-state index in [0.29, 0.717) is 27.7 Å². The molecular weight excluding hydrogens is 364 g/mol. The molecule has 3 rings (SSSR count). The Bertz CT molecular complexity index is 956. The van der Waals surface area contributed by atoms with Crippen molar-refractivity contribution in [1.29, 1.82) is 0 Å². The highest BCUT2D eigenvalue weighted by Gasteiger charge is 2.14. The first-order valence-corrected chi connectivity index (χ1v) is 8.56. The van der Waals surface area contributed by atoms with Crippen LogP contribution in [-0.2, 0) is 0 Å². The van der Waals surface area contributed by atoms with Gasteiger partial charge in [-0.2, -0.15) is 0 Å². The second kappa shape index (κ2) is 8.33. The summed E-state index contributed by atoms with van der Waals surface area (Å²) in [6.07, 6.45) is 1.44. The van der Waals surface area contributed by atoms with Crippen molar-refractivity contribution in [3.05, 3.63) is 83.0 Å². The van der Waals surface area contributed by atoms with Crippen LogP contribution in [0, 0.1) is 0 Å². The Morgan fingerprint density at radius 1 is 0.889 bits per heavy atom. The number of benzene rings is 2. The SMILES string of the molecule is CNc1ccc(C(=O)Nc2ccccc2C(=O)Nc2ccc(Cl)cn2)cc1. The van der Waals surface area contributed by atoms with Gasteiger partial charge in [0.15, 0.2) is 0 Å². The molecule has 0 unspecified atom stereocenters. The number of nitrogens with zero attached hydrogens (tertiary/aromatic N) is 1. The van der Waals surface area contributed by atoms with E-state index in [9.17, 15) is 9.59 Å². The quantitative estimate of drug-likeness (QED) is 0.616. The molecular formula is C20H17ClN4O2. The fourth-order valence-electron chi connectivity index (χ4n) is 2.41. The van der Waals surface area contributed by atoms with Crippen molar-refractivity contribution in [1.82, 2.24) is 4.98 Å². The van der Waals surface area contributed by atoms with E-state index in [1.807, 2.05) is 0 Å². The van der Waals surface area contributed by atoms with Gasteiger partial charge in [0.05, 0.1) is 16.3 Å². The highest BCUT2D eigenvalue weighted by Crippen LogP contribution is 2.19. The highest BCUT2D eigenvalue weighted by atomic mass is 35.5. The number of halogens is 1. The van der Waals surface area contributed by atoms with Crippen LogP contribution in [-0.4, -0.2) is 23.8 Å². The van der Waals surface area contributed by atoms with Crippen LogP contribution in [0.25, 0.3) is 0 Å². The topological polar surface area (TPSA) is 83.1 Å². The number of hydrogen-bond acceptors (Lipinski definition) is 4. The van der Waals surface area contributed by atoms with E-state index in [1.54, 1.807) is 67.7 Å². The van der Waals surface area contributed by atoms with Gasteiger partial charge in [-0.05, 0) is 48.5 Å². The fourth-order valence-corrected chi connectivity index (χ4v) is 2.52. The second-order valence-electron chi connectivity index (χ2n) is 5.64. The lowest BCUT2D eigenvalue weighted by atomic mass is 10.1. The third-order valence-corrected chi connectivity index (χ3v) is 4.05. The first-order valence-electron chi connectivity index (χ1n) is 8.18. The number of nitrogens with one attached hydrogen (secondary N) is 3. The molecule has 136 valence electrons. The summed E-state index contributed by atoms with van der Waals surface area (Å²) in [5.74, 6) is -0.318. The van der Waals surface area contributed by atoms with Crippen molar-refractivity contribution in [2.75, 3.05) is 23.0 Å². The van der Waals surface area contributed by atoms with Crippen molar-refractivity contribution in [3.8, 4) is 0 Å². The predicted molar refractivity (Wildman–Crippen MR) is 108 cm³/mol. The summed E-state index contributed by atoms with van der Waals surface area (Å²) in [5.41, 5.74) is 2.13. The van der Waals surface area contributed by atoms with Gasteiger partial charge >= 0.3 is 0 Å². The van der Waals surface area contributed by atoms with E-state index in [1.165, 1.54) is 6.20 Å². The van der Waals surface area contributed by atoms with Gasteiger partial charge in [-0.25, -0.2) is 4.98 Å². The molecule has 0 aliphatic rings. The molecule has 7 heteroatoms. The summed E-state index contributed by atoms with van der Waals surface area (Å²) in [6.45, 7) is 0. The van der Waals surface area contributed by atoms with Crippen LogP contribution in [0.3, 0.4) is 0 Å². The molecule has 0 atom stereocenters. The van der Waals surface area contributed by atoms with Gasteiger partial charge in [-0.3, -0.25) is 9.59 Å². The minimum absolute atomic E-state index is 0.303. The Morgan fingerprint density at radius 3 is 2.30 bits per heavy atom. The van der Waals surface area contributed by atoms with Crippen molar-refractivity contribution in [2.24, 2.45) is 0 Å². The number of anilines is 3. The zero-order valence-electron chi connectivity index (χ0n) is 14.5. The van der Waals surface area contributed by atoms with Crippen LogP contribution in [0.15, 0.2) is 66.9 Å². The molecule has 0 fully saturated rings. The third kappa shape index (κ3) is 4.62. The van der Waals surface area contributed by atoms with Crippen LogP contribution >= 0.6 is 11.6 Å². The number of hydrogen-bond donors (Lipinski definition) is 3. The first kappa shape index (κ1) is 18.4. The molecule has 0 bridgehead atoms.